The van der Waals surface area contributed by atoms with E-state index in [4.69, 9.17) is 0 Å². The van der Waals surface area contributed by atoms with E-state index in [0.717, 1.165) is 0 Å². The van der Waals surface area contributed by atoms with Gasteiger partial charge in [-0.15, -0.1) is 0 Å². The van der Waals surface area contributed by atoms with Gasteiger partial charge in [0.25, 0.3) is 0 Å². The zero-order valence-corrected chi connectivity index (χ0v) is 10.8. The summed E-state index contributed by atoms with van der Waals surface area (Å²) in [6.07, 6.45) is 1.72. The molecule has 0 atom stereocenters. The molecule has 0 saturated carbocycles. The SMILES string of the molecule is CCC1(C(=O)O)CCN(C(=O)NC(C)C)CC1. The number of likely N-dealkylation sites (tertiary alicyclic amines) is 1. The smallest absolute Gasteiger partial charge is 0.317 e. The van der Waals surface area contributed by atoms with Crippen molar-refractivity contribution in [2.24, 2.45) is 5.41 Å². The van der Waals surface area contributed by atoms with Crippen LogP contribution in [-0.4, -0.2) is 41.1 Å². The fourth-order valence-corrected chi connectivity index (χ4v) is 2.19. The van der Waals surface area contributed by atoms with Crippen molar-refractivity contribution < 1.29 is 14.7 Å². The minimum absolute atomic E-state index is 0.0879. The van der Waals surface area contributed by atoms with Crippen LogP contribution in [0.5, 0.6) is 0 Å². The van der Waals surface area contributed by atoms with Gasteiger partial charge in [-0.3, -0.25) is 4.79 Å². The van der Waals surface area contributed by atoms with Gasteiger partial charge in [0.2, 0.25) is 0 Å². The lowest BCUT2D eigenvalue weighted by atomic mass is 9.76. The number of amides is 2. The molecule has 1 aliphatic rings. The molecule has 2 amide bonds. The first kappa shape index (κ1) is 13.8. The van der Waals surface area contributed by atoms with Gasteiger partial charge in [-0.1, -0.05) is 6.92 Å². The van der Waals surface area contributed by atoms with E-state index in [2.05, 4.69) is 5.32 Å². The van der Waals surface area contributed by atoms with Crippen molar-refractivity contribution in [1.29, 1.82) is 0 Å². The maximum atomic E-state index is 11.7. The van der Waals surface area contributed by atoms with E-state index in [9.17, 15) is 14.7 Å². The highest BCUT2D eigenvalue weighted by molar-refractivity contribution is 5.77. The molecule has 0 aliphatic carbocycles. The predicted octanol–water partition coefficient (Wildman–Crippen LogP) is 1.68. The van der Waals surface area contributed by atoms with Crippen molar-refractivity contribution in [1.82, 2.24) is 10.2 Å². The Morgan fingerprint density at radius 1 is 1.35 bits per heavy atom. The summed E-state index contributed by atoms with van der Waals surface area (Å²) in [6.45, 7) is 6.78. The van der Waals surface area contributed by atoms with Crippen LogP contribution < -0.4 is 5.32 Å². The monoisotopic (exact) mass is 242 g/mol. The number of nitrogens with one attached hydrogen (secondary N) is 1. The number of urea groups is 1. The summed E-state index contributed by atoms with van der Waals surface area (Å²) in [7, 11) is 0. The number of hydrogen-bond donors (Lipinski definition) is 2. The number of rotatable bonds is 3. The van der Waals surface area contributed by atoms with Crippen LogP contribution in [0.15, 0.2) is 0 Å². The second kappa shape index (κ2) is 5.38. The fourth-order valence-electron chi connectivity index (χ4n) is 2.19. The molecular formula is C12H22N2O3. The Balaban J connectivity index is 2.55. The summed E-state index contributed by atoms with van der Waals surface area (Å²) in [5.41, 5.74) is -0.630. The molecule has 2 N–H and O–H groups in total. The second-order valence-corrected chi connectivity index (χ2v) is 5.03. The average molecular weight is 242 g/mol. The molecule has 1 saturated heterocycles. The van der Waals surface area contributed by atoms with Crippen LogP contribution in [0, 0.1) is 5.41 Å². The van der Waals surface area contributed by atoms with Gasteiger partial charge in [0.15, 0.2) is 0 Å². The van der Waals surface area contributed by atoms with Crippen LogP contribution in [0.3, 0.4) is 0 Å². The first-order valence-electron chi connectivity index (χ1n) is 6.20. The molecule has 17 heavy (non-hydrogen) atoms. The lowest BCUT2D eigenvalue weighted by Gasteiger charge is -2.38. The average Bonchev–Trinajstić information content (AvgIpc) is 2.28. The lowest BCUT2D eigenvalue weighted by Crippen LogP contribution is -2.50. The minimum Gasteiger partial charge on any atom is -0.481 e. The molecule has 1 aliphatic heterocycles. The Morgan fingerprint density at radius 2 is 1.88 bits per heavy atom. The molecular weight excluding hydrogens is 220 g/mol. The van der Waals surface area contributed by atoms with Crippen LogP contribution >= 0.6 is 0 Å². The van der Waals surface area contributed by atoms with E-state index in [0.29, 0.717) is 32.4 Å². The van der Waals surface area contributed by atoms with Gasteiger partial charge < -0.3 is 15.3 Å². The van der Waals surface area contributed by atoms with Crippen LogP contribution in [0.4, 0.5) is 4.79 Å². The number of carbonyl (C=O) groups excluding carboxylic acids is 1. The lowest BCUT2D eigenvalue weighted by molar-refractivity contribution is -0.151. The number of aliphatic carboxylic acids is 1. The number of carbonyl (C=O) groups is 2. The summed E-state index contributed by atoms with van der Waals surface area (Å²) in [5.74, 6) is -0.732. The molecule has 0 aromatic heterocycles. The third-order valence-corrected chi connectivity index (χ3v) is 3.55. The Hall–Kier alpha value is -1.26. The van der Waals surface area contributed by atoms with E-state index < -0.39 is 11.4 Å². The maximum absolute atomic E-state index is 11.7. The number of hydrogen-bond acceptors (Lipinski definition) is 2. The van der Waals surface area contributed by atoms with Crippen LogP contribution in [0.1, 0.15) is 40.0 Å². The topological polar surface area (TPSA) is 69.6 Å². The largest absolute Gasteiger partial charge is 0.481 e. The second-order valence-electron chi connectivity index (χ2n) is 5.03. The zero-order valence-electron chi connectivity index (χ0n) is 10.8. The van der Waals surface area contributed by atoms with Gasteiger partial charge >= 0.3 is 12.0 Å². The normalized spacial score (nSPS) is 19.2. The van der Waals surface area contributed by atoms with Gasteiger partial charge in [0.05, 0.1) is 5.41 Å². The van der Waals surface area contributed by atoms with E-state index in [-0.39, 0.29) is 12.1 Å². The molecule has 1 rings (SSSR count). The highest BCUT2D eigenvalue weighted by atomic mass is 16.4. The standard InChI is InChI=1S/C12H22N2O3/c1-4-12(10(15)16)5-7-14(8-6-12)11(17)13-9(2)3/h9H,4-8H2,1-3H3,(H,13,17)(H,15,16). The van der Waals surface area contributed by atoms with Crippen molar-refractivity contribution in [3.63, 3.8) is 0 Å². The molecule has 0 aromatic rings. The number of carboxylic acid groups (broad SMARTS) is 1. The molecule has 0 radical (unpaired) electrons. The molecule has 5 heteroatoms. The van der Waals surface area contributed by atoms with Crippen LogP contribution in [0.2, 0.25) is 0 Å². The van der Waals surface area contributed by atoms with E-state index in [1.807, 2.05) is 20.8 Å². The molecule has 1 heterocycles. The number of nitrogens with zero attached hydrogens (tertiary/aromatic N) is 1. The summed E-state index contributed by atoms with van der Waals surface area (Å²) >= 11 is 0. The molecule has 1 fully saturated rings. The van der Waals surface area contributed by atoms with Gasteiger partial charge in [0.1, 0.15) is 0 Å². The first-order valence-corrected chi connectivity index (χ1v) is 6.20. The van der Waals surface area contributed by atoms with Gasteiger partial charge in [0, 0.05) is 19.1 Å². The van der Waals surface area contributed by atoms with Crippen molar-refractivity contribution in [2.75, 3.05) is 13.1 Å². The molecule has 0 unspecified atom stereocenters. The highest BCUT2D eigenvalue weighted by Crippen LogP contribution is 2.35. The Labute approximate surface area is 102 Å². The molecule has 0 bridgehead atoms. The van der Waals surface area contributed by atoms with Crippen molar-refractivity contribution in [2.45, 2.75) is 46.1 Å². The van der Waals surface area contributed by atoms with Gasteiger partial charge in [-0.05, 0) is 33.1 Å². The summed E-state index contributed by atoms with van der Waals surface area (Å²) in [5, 5.41) is 12.1. The van der Waals surface area contributed by atoms with E-state index >= 15 is 0 Å². The van der Waals surface area contributed by atoms with Gasteiger partial charge in [-0.2, -0.15) is 0 Å². The fraction of sp³-hybridized carbons (Fsp3) is 0.833. The predicted molar refractivity (Wildman–Crippen MR) is 64.8 cm³/mol. The molecule has 0 aromatic carbocycles. The quantitative estimate of drug-likeness (QED) is 0.791. The Morgan fingerprint density at radius 3 is 2.24 bits per heavy atom. The summed E-state index contributed by atoms with van der Waals surface area (Å²) in [6, 6.07) is 0.0231. The molecule has 98 valence electrons. The number of carboxylic acids is 1. The Kier molecular flexibility index (Phi) is 4.37. The molecule has 0 spiro atoms. The van der Waals surface area contributed by atoms with E-state index in [1.165, 1.54) is 0 Å². The summed E-state index contributed by atoms with van der Waals surface area (Å²) < 4.78 is 0. The minimum atomic E-state index is -0.732. The van der Waals surface area contributed by atoms with Crippen molar-refractivity contribution >= 4 is 12.0 Å². The van der Waals surface area contributed by atoms with Crippen molar-refractivity contribution in [3.8, 4) is 0 Å². The third kappa shape index (κ3) is 3.11. The molecule has 5 nitrogen and oxygen atoms in total. The van der Waals surface area contributed by atoms with Crippen LogP contribution in [0.25, 0.3) is 0 Å². The Bertz CT molecular complexity index is 294. The van der Waals surface area contributed by atoms with Crippen LogP contribution in [-0.2, 0) is 4.79 Å². The first-order chi connectivity index (χ1) is 7.91. The van der Waals surface area contributed by atoms with Crippen molar-refractivity contribution in [3.05, 3.63) is 0 Å². The zero-order chi connectivity index (χ0) is 13.1. The number of piperidine rings is 1. The summed E-state index contributed by atoms with van der Waals surface area (Å²) in [4.78, 5) is 24.7. The maximum Gasteiger partial charge on any atom is 0.317 e. The third-order valence-electron chi connectivity index (χ3n) is 3.55. The van der Waals surface area contributed by atoms with Gasteiger partial charge in [-0.25, -0.2) is 4.79 Å². The highest BCUT2D eigenvalue weighted by Gasteiger charge is 2.40. The van der Waals surface area contributed by atoms with E-state index in [1.54, 1.807) is 4.90 Å².